The molecule has 0 amide bonds. The number of hydrogen-bond acceptors (Lipinski definition) is 3. The average Bonchev–Trinajstić information content (AvgIpc) is 2.73. The van der Waals surface area contributed by atoms with Gasteiger partial charge >= 0.3 is 0 Å². The van der Waals surface area contributed by atoms with E-state index in [1.807, 2.05) is 18.3 Å². The van der Waals surface area contributed by atoms with Crippen LogP contribution in [0.3, 0.4) is 0 Å². The summed E-state index contributed by atoms with van der Waals surface area (Å²) in [6, 6.07) is 5.65. The van der Waals surface area contributed by atoms with E-state index in [1.54, 1.807) is 17.4 Å². The van der Waals surface area contributed by atoms with Crippen LogP contribution in [0.4, 0.5) is 0 Å². The average molecular weight is 273 g/mol. The Labute approximate surface area is 108 Å². The summed E-state index contributed by atoms with van der Waals surface area (Å²) in [5.41, 5.74) is 6.53. The van der Waals surface area contributed by atoms with Crippen LogP contribution in [0.2, 0.25) is 10.0 Å². The van der Waals surface area contributed by atoms with Gasteiger partial charge in [-0.25, -0.2) is 4.98 Å². The molecule has 2 N–H and O–H groups in total. The Balaban J connectivity index is 2.23. The lowest BCUT2D eigenvalue weighted by atomic mass is 10.1. The van der Waals surface area contributed by atoms with Gasteiger partial charge in [0.2, 0.25) is 0 Å². The van der Waals surface area contributed by atoms with E-state index in [0.29, 0.717) is 16.6 Å². The highest BCUT2D eigenvalue weighted by Crippen LogP contribution is 2.28. The van der Waals surface area contributed by atoms with Gasteiger partial charge in [0, 0.05) is 24.0 Å². The molecule has 0 aliphatic rings. The molecule has 0 atom stereocenters. The Bertz CT molecular complexity index is 496. The summed E-state index contributed by atoms with van der Waals surface area (Å²) in [5, 5.41) is 2.14. The van der Waals surface area contributed by atoms with Gasteiger partial charge in [-0.05, 0) is 11.6 Å². The molecule has 0 radical (unpaired) electrons. The molecule has 0 aliphatic carbocycles. The summed E-state index contributed by atoms with van der Waals surface area (Å²) in [7, 11) is 0. The van der Waals surface area contributed by atoms with Crippen LogP contribution in [0.5, 0.6) is 0 Å². The predicted octanol–water partition coefficient (Wildman–Crippen LogP) is 3.50. The molecule has 1 heterocycles. The normalized spacial score (nSPS) is 10.7. The fourth-order valence-corrected chi connectivity index (χ4v) is 2.61. The van der Waals surface area contributed by atoms with Gasteiger partial charge in [0.1, 0.15) is 5.01 Å². The number of nitrogens with zero attached hydrogens (tertiary/aromatic N) is 1. The number of benzene rings is 1. The highest BCUT2D eigenvalue weighted by molar-refractivity contribution is 7.11. The molecule has 84 valence electrons. The number of thiazole rings is 1. The van der Waals surface area contributed by atoms with Gasteiger partial charge in [-0.2, -0.15) is 0 Å². The van der Waals surface area contributed by atoms with Crippen molar-refractivity contribution in [2.24, 2.45) is 5.73 Å². The van der Waals surface area contributed by atoms with Crippen LogP contribution in [0.1, 0.15) is 15.4 Å². The summed E-state index contributed by atoms with van der Waals surface area (Å²) in [5.74, 6) is 0. The number of aromatic nitrogens is 1. The second-order valence-electron chi connectivity index (χ2n) is 3.31. The minimum Gasteiger partial charge on any atom is -0.325 e. The van der Waals surface area contributed by atoms with E-state index in [2.05, 4.69) is 4.98 Å². The molecule has 2 nitrogen and oxygen atoms in total. The van der Waals surface area contributed by atoms with Gasteiger partial charge in [0.15, 0.2) is 0 Å². The van der Waals surface area contributed by atoms with E-state index in [-0.39, 0.29) is 0 Å². The van der Waals surface area contributed by atoms with Crippen molar-refractivity contribution in [2.75, 3.05) is 0 Å². The maximum atomic E-state index is 6.11. The fourth-order valence-electron chi connectivity index (χ4n) is 1.40. The van der Waals surface area contributed by atoms with Crippen LogP contribution in [-0.2, 0) is 13.0 Å². The van der Waals surface area contributed by atoms with Crippen molar-refractivity contribution in [3.05, 3.63) is 49.9 Å². The van der Waals surface area contributed by atoms with E-state index in [0.717, 1.165) is 21.9 Å². The summed E-state index contributed by atoms with van der Waals surface area (Å²) in [6.45, 7) is 0.480. The molecule has 2 rings (SSSR count). The first-order valence-electron chi connectivity index (χ1n) is 4.77. The number of rotatable bonds is 3. The zero-order chi connectivity index (χ0) is 11.5. The Kier molecular flexibility index (Phi) is 3.82. The van der Waals surface area contributed by atoms with Crippen molar-refractivity contribution < 1.29 is 0 Å². The molecule has 2 aromatic rings. The maximum Gasteiger partial charge on any atom is 0.106 e. The number of nitrogens with two attached hydrogens (primary N) is 1. The van der Waals surface area contributed by atoms with E-state index in [1.165, 1.54) is 0 Å². The molecule has 0 bridgehead atoms. The second kappa shape index (κ2) is 5.15. The van der Waals surface area contributed by atoms with Crippen molar-refractivity contribution in [2.45, 2.75) is 13.0 Å². The summed E-state index contributed by atoms with van der Waals surface area (Å²) >= 11 is 13.7. The summed E-state index contributed by atoms with van der Waals surface area (Å²) in [4.78, 5) is 5.34. The Morgan fingerprint density at radius 2 is 2.12 bits per heavy atom. The minimum absolute atomic E-state index is 0.480. The van der Waals surface area contributed by atoms with Crippen LogP contribution >= 0.6 is 34.5 Å². The van der Waals surface area contributed by atoms with Gasteiger partial charge in [-0.3, -0.25) is 0 Å². The van der Waals surface area contributed by atoms with Gasteiger partial charge in [-0.15, -0.1) is 11.3 Å². The lowest BCUT2D eigenvalue weighted by molar-refractivity contribution is 1.04. The molecular formula is C11H10Cl2N2S. The monoisotopic (exact) mass is 272 g/mol. The first-order chi connectivity index (χ1) is 7.70. The molecule has 0 fully saturated rings. The molecule has 0 saturated heterocycles. The van der Waals surface area contributed by atoms with Crippen molar-refractivity contribution >= 4 is 34.5 Å². The molecule has 1 aromatic carbocycles. The third-order valence-corrected chi connectivity index (χ3v) is 4.05. The third-order valence-electron chi connectivity index (χ3n) is 2.17. The second-order valence-corrected chi connectivity index (χ2v) is 5.30. The molecule has 5 heteroatoms. The first-order valence-corrected chi connectivity index (χ1v) is 6.34. The Hall–Kier alpha value is -0.610. The van der Waals surface area contributed by atoms with Crippen molar-refractivity contribution in [3.8, 4) is 0 Å². The molecule has 16 heavy (non-hydrogen) atoms. The maximum absolute atomic E-state index is 6.11. The number of hydrogen-bond donors (Lipinski definition) is 1. The number of halogens is 2. The Morgan fingerprint density at radius 3 is 2.81 bits per heavy atom. The molecule has 0 saturated carbocycles. The minimum atomic E-state index is 0.480. The van der Waals surface area contributed by atoms with Crippen LogP contribution in [0, 0.1) is 0 Å². The Morgan fingerprint density at radius 1 is 1.31 bits per heavy atom. The zero-order valence-electron chi connectivity index (χ0n) is 8.41. The van der Waals surface area contributed by atoms with E-state index >= 15 is 0 Å². The molecular weight excluding hydrogens is 263 g/mol. The summed E-state index contributed by atoms with van der Waals surface area (Å²) < 4.78 is 0. The smallest absolute Gasteiger partial charge is 0.106 e. The lowest BCUT2D eigenvalue weighted by Gasteiger charge is -2.03. The van der Waals surface area contributed by atoms with E-state index in [4.69, 9.17) is 28.9 Å². The molecule has 0 unspecified atom stereocenters. The van der Waals surface area contributed by atoms with Crippen molar-refractivity contribution in [3.63, 3.8) is 0 Å². The van der Waals surface area contributed by atoms with Crippen LogP contribution in [-0.4, -0.2) is 4.98 Å². The SMILES string of the molecule is NCc1ncc(Cc2cccc(Cl)c2Cl)s1. The summed E-state index contributed by atoms with van der Waals surface area (Å²) in [6.07, 6.45) is 2.58. The zero-order valence-corrected chi connectivity index (χ0v) is 10.7. The van der Waals surface area contributed by atoms with Gasteiger partial charge in [0.25, 0.3) is 0 Å². The highest BCUT2D eigenvalue weighted by atomic mass is 35.5. The van der Waals surface area contributed by atoms with Crippen molar-refractivity contribution in [1.29, 1.82) is 0 Å². The van der Waals surface area contributed by atoms with Gasteiger partial charge in [0.05, 0.1) is 10.0 Å². The molecule has 1 aromatic heterocycles. The standard InChI is InChI=1S/C11H10Cl2N2S/c12-9-3-1-2-7(11(9)13)4-8-6-15-10(5-14)16-8/h1-3,6H,4-5,14H2. The predicted molar refractivity (Wildman–Crippen MR) is 69.3 cm³/mol. The lowest BCUT2D eigenvalue weighted by Crippen LogP contribution is -1.93. The molecule has 0 spiro atoms. The van der Waals surface area contributed by atoms with Gasteiger partial charge < -0.3 is 5.73 Å². The topological polar surface area (TPSA) is 38.9 Å². The molecule has 0 aliphatic heterocycles. The third kappa shape index (κ3) is 2.55. The quantitative estimate of drug-likeness (QED) is 0.929. The largest absolute Gasteiger partial charge is 0.325 e. The van der Waals surface area contributed by atoms with Crippen LogP contribution in [0.15, 0.2) is 24.4 Å². The highest BCUT2D eigenvalue weighted by Gasteiger charge is 2.07. The fraction of sp³-hybridized carbons (Fsp3) is 0.182. The van der Waals surface area contributed by atoms with Gasteiger partial charge in [-0.1, -0.05) is 35.3 Å². The van der Waals surface area contributed by atoms with Crippen LogP contribution in [0.25, 0.3) is 0 Å². The van der Waals surface area contributed by atoms with E-state index in [9.17, 15) is 0 Å². The first kappa shape index (κ1) is 11.9. The van der Waals surface area contributed by atoms with Crippen molar-refractivity contribution in [1.82, 2.24) is 4.98 Å². The van der Waals surface area contributed by atoms with E-state index < -0.39 is 0 Å². The van der Waals surface area contributed by atoms with Crippen LogP contribution < -0.4 is 5.73 Å².